The van der Waals surface area contributed by atoms with Crippen LogP contribution in [0.5, 0.6) is 0 Å². The minimum Gasteiger partial charge on any atom is -0.459 e. The lowest BCUT2D eigenvalue weighted by Gasteiger charge is -2.08. The lowest BCUT2D eigenvalue weighted by Crippen LogP contribution is -2.24. The number of hydrogen-bond donors (Lipinski definition) is 2. The summed E-state index contributed by atoms with van der Waals surface area (Å²) in [5, 5.41) is 5.70. The van der Waals surface area contributed by atoms with Crippen LogP contribution in [0.3, 0.4) is 0 Å². The number of rotatable bonds is 9. The van der Waals surface area contributed by atoms with Gasteiger partial charge in [-0.3, -0.25) is 9.59 Å². The van der Waals surface area contributed by atoms with Crippen molar-refractivity contribution in [2.45, 2.75) is 39.2 Å². The van der Waals surface area contributed by atoms with Gasteiger partial charge in [0.15, 0.2) is 5.76 Å². The smallest absolute Gasteiger partial charge is 0.291 e. The highest BCUT2D eigenvalue weighted by atomic mass is 16.3. The molecule has 3 rings (SSSR count). The lowest BCUT2D eigenvalue weighted by atomic mass is 10.0. The molecule has 0 atom stereocenters. The first-order valence-corrected chi connectivity index (χ1v) is 9.92. The Labute approximate surface area is 171 Å². The third-order valence-corrected chi connectivity index (χ3v) is 4.65. The average Bonchev–Trinajstić information content (AvgIpc) is 3.28. The van der Waals surface area contributed by atoms with Crippen LogP contribution < -0.4 is 10.6 Å². The largest absolute Gasteiger partial charge is 0.459 e. The van der Waals surface area contributed by atoms with E-state index < -0.39 is 0 Å². The van der Waals surface area contributed by atoms with Crippen molar-refractivity contribution in [1.29, 1.82) is 0 Å². The summed E-state index contributed by atoms with van der Waals surface area (Å²) in [4.78, 5) is 24.2. The van der Waals surface area contributed by atoms with E-state index in [4.69, 9.17) is 4.42 Å². The number of aryl methyl sites for hydroxylation is 1. The van der Waals surface area contributed by atoms with E-state index >= 15 is 0 Å². The molecule has 2 N–H and O–H groups in total. The van der Waals surface area contributed by atoms with E-state index in [9.17, 15) is 9.59 Å². The maximum absolute atomic E-state index is 12.2. The first-order chi connectivity index (χ1) is 14.1. The molecular formula is C24H26N2O3. The first kappa shape index (κ1) is 20.4. The Balaban J connectivity index is 1.44. The van der Waals surface area contributed by atoms with Crippen LogP contribution in [0.25, 0.3) is 0 Å². The zero-order chi connectivity index (χ0) is 20.5. The van der Waals surface area contributed by atoms with Gasteiger partial charge in [0.25, 0.3) is 5.91 Å². The van der Waals surface area contributed by atoms with Gasteiger partial charge in [0.1, 0.15) is 0 Å². The SMILES string of the molecule is CCCCc1ccc(CC(=O)NCc2ccc(NC(=O)c3ccco3)cc2)cc1. The molecule has 0 bridgehead atoms. The summed E-state index contributed by atoms with van der Waals surface area (Å²) in [5.41, 5.74) is 3.96. The standard InChI is InChI=1S/C24H26N2O3/c1-2-3-5-18-7-9-19(10-8-18)16-23(27)25-17-20-11-13-21(14-12-20)26-24(28)22-6-4-15-29-22/h4,6-15H,2-3,5,16-17H2,1H3,(H,25,27)(H,26,28). The Morgan fingerprint density at radius 1 is 0.897 bits per heavy atom. The molecule has 2 amide bonds. The Bertz CT molecular complexity index is 914. The lowest BCUT2D eigenvalue weighted by molar-refractivity contribution is -0.120. The second kappa shape index (κ2) is 10.3. The van der Waals surface area contributed by atoms with Gasteiger partial charge >= 0.3 is 0 Å². The van der Waals surface area contributed by atoms with E-state index in [-0.39, 0.29) is 17.6 Å². The number of amides is 2. The third-order valence-electron chi connectivity index (χ3n) is 4.65. The van der Waals surface area contributed by atoms with Gasteiger partial charge in [0.05, 0.1) is 12.7 Å². The fourth-order valence-corrected chi connectivity index (χ4v) is 2.96. The highest BCUT2D eigenvalue weighted by molar-refractivity contribution is 6.02. The van der Waals surface area contributed by atoms with Crippen molar-refractivity contribution in [1.82, 2.24) is 5.32 Å². The molecule has 0 saturated heterocycles. The normalized spacial score (nSPS) is 10.5. The molecule has 0 spiro atoms. The van der Waals surface area contributed by atoms with Crippen LogP contribution in [0.4, 0.5) is 5.69 Å². The van der Waals surface area contributed by atoms with Crippen molar-refractivity contribution < 1.29 is 14.0 Å². The van der Waals surface area contributed by atoms with E-state index in [0.717, 1.165) is 17.5 Å². The minimum atomic E-state index is -0.295. The van der Waals surface area contributed by atoms with Crippen LogP contribution in [-0.4, -0.2) is 11.8 Å². The van der Waals surface area contributed by atoms with Gasteiger partial charge in [0, 0.05) is 12.2 Å². The summed E-state index contributed by atoms with van der Waals surface area (Å²) in [5.74, 6) is -0.0435. The maximum atomic E-state index is 12.2. The molecule has 150 valence electrons. The number of anilines is 1. The summed E-state index contributed by atoms with van der Waals surface area (Å²) in [6.07, 6.45) is 5.28. The zero-order valence-corrected chi connectivity index (χ0v) is 16.6. The van der Waals surface area contributed by atoms with Gasteiger partial charge in [-0.25, -0.2) is 0 Å². The van der Waals surface area contributed by atoms with Crippen molar-refractivity contribution in [3.63, 3.8) is 0 Å². The number of hydrogen-bond acceptors (Lipinski definition) is 3. The minimum absolute atomic E-state index is 0.0125. The molecule has 1 heterocycles. The quantitative estimate of drug-likeness (QED) is 0.555. The topological polar surface area (TPSA) is 71.3 Å². The third kappa shape index (κ3) is 6.35. The van der Waals surface area contributed by atoms with Crippen LogP contribution in [0.2, 0.25) is 0 Å². The molecule has 1 aromatic heterocycles. The van der Waals surface area contributed by atoms with Gasteiger partial charge in [0.2, 0.25) is 5.91 Å². The number of unbranched alkanes of at least 4 members (excludes halogenated alkanes) is 1. The summed E-state index contributed by atoms with van der Waals surface area (Å²) in [6, 6.07) is 18.9. The molecule has 0 unspecified atom stereocenters. The van der Waals surface area contributed by atoms with Crippen LogP contribution in [0.1, 0.15) is 47.0 Å². The molecule has 0 aliphatic rings. The van der Waals surface area contributed by atoms with Crippen LogP contribution >= 0.6 is 0 Å². The number of carbonyl (C=O) groups excluding carboxylic acids is 2. The van der Waals surface area contributed by atoms with Crippen LogP contribution in [0, 0.1) is 0 Å². The molecule has 0 aliphatic carbocycles. The van der Waals surface area contributed by atoms with Crippen molar-refractivity contribution in [2.24, 2.45) is 0 Å². The van der Waals surface area contributed by atoms with Gasteiger partial charge in [-0.1, -0.05) is 49.7 Å². The van der Waals surface area contributed by atoms with Gasteiger partial charge in [-0.05, 0) is 53.8 Å². The van der Waals surface area contributed by atoms with Crippen molar-refractivity contribution in [2.75, 3.05) is 5.32 Å². The van der Waals surface area contributed by atoms with Gasteiger partial charge in [-0.2, -0.15) is 0 Å². The monoisotopic (exact) mass is 390 g/mol. The predicted octanol–water partition coefficient (Wildman–Crippen LogP) is 4.73. The van der Waals surface area contributed by atoms with E-state index in [0.29, 0.717) is 18.7 Å². The number of furan rings is 1. The predicted molar refractivity (Wildman–Crippen MR) is 114 cm³/mol. The van der Waals surface area contributed by atoms with Gasteiger partial charge in [-0.15, -0.1) is 0 Å². The van der Waals surface area contributed by atoms with E-state index in [1.54, 1.807) is 24.3 Å². The molecular weight excluding hydrogens is 364 g/mol. The van der Waals surface area contributed by atoms with E-state index in [2.05, 4.69) is 29.7 Å². The Hall–Kier alpha value is -3.34. The Morgan fingerprint density at radius 3 is 2.24 bits per heavy atom. The second-order valence-corrected chi connectivity index (χ2v) is 7.00. The van der Waals surface area contributed by atoms with E-state index in [1.165, 1.54) is 24.7 Å². The molecule has 5 heteroatoms. The Kier molecular flexibility index (Phi) is 7.22. The summed E-state index contributed by atoms with van der Waals surface area (Å²) in [6.45, 7) is 2.63. The van der Waals surface area contributed by atoms with Crippen molar-refractivity contribution in [3.05, 3.63) is 89.4 Å². The van der Waals surface area contributed by atoms with Crippen molar-refractivity contribution in [3.8, 4) is 0 Å². The van der Waals surface area contributed by atoms with Crippen LogP contribution in [0.15, 0.2) is 71.3 Å². The number of nitrogens with one attached hydrogen (secondary N) is 2. The Morgan fingerprint density at radius 2 is 1.59 bits per heavy atom. The molecule has 0 aliphatic heterocycles. The zero-order valence-electron chi connectivity index (χ0n) is 16.6. The maximum Gasteiger partial charge on any atom is 0.291 e. The van der Waals surface area contributed by atoms with Gasteiger partial charge < -0.3 is 15.1 Å². The molecule has 2 aromatic carbocycles. The average molecular weight is 390 g/mol. The fourth-order valence-electron chi connectivity index (χ4n) is 2.96. The van der Waals surface area contributed by atoms with Crippen molar-refractivity contribution >= 4 is 17.5 Å². The molecule has 0 saturated carbocycles. The first-order valence-electron chi connectivity index (χ1n) is 9.92. The number of carbonyl (C=O) groups is 2. The molecule has 3 aromatic rings. The number of benzene rings is 2. The summed E-state index contributed by atoms with van der Waals surface area (Å²) < 4.78 is 5.07. The highest BCUT2D eigenvalue weighted by Crippen LogP contribution is 2.12. The molecule has 0 radical (unpaired) electrons. The summed E-state index contributed by atoms with van der Waals surface area (Å²) in [7, 11) is 0. The molecule has 0 fully saturated rings. The molecule has 5 nitrogen and oxygen atoms in total. The van der Waals surface area contributed by atoms with E-state index in [1.807, 2.05) is 24.3 Å². The summed E-state index contributed by atoms with van der Waals surface area (Å²) >= 11 is 0. The highest BCUT2D eigenvalue weighted by Gasteiger charge is 2.09. The van der Waals surface area contributed by atoms with Crippen LogP contribution in [-0.2, 0) is 24.2 Å². The fraction of sp³-hybridized carbons (Fsp3) is 0.250. The molecule has 29 heavy (non-hydrogen) atoms. The second-order valence-electron chi connectivity index (χ2n) is 7.00.